The standard InChI is InChI=1S/C6H10Cl2O/c1-2-3-5(8)6(9)4-7/h5H,2-4H2,1H3. The van der Waals surface area contributed by atoms with Gasteiger partial charge in [-0.1, -0.05) is 13.3 Å². The fraction of sp³-hybridized carbons (Fsp3) is 0.833. The van der Waals surface area contributed by atoms with Gasteiger partial charge in [-0.05, 0) is 6.42 Å². The molecule has 0 aliphatic heterocycles. The molecule has 0 aromatic rings. The zero-order chi connectivity index (χ0) is 7.28. The molecule has 0 aliphatic rings. The van der Waals surface area contributed by atoms with Gasteiger partial charge in [0.05, 0.1) is 11.3 Å². The van der Waals surface area contributed by atoms with E-state index in [0.717, 1.165) is 12.8 Å². The van der Waals surface area contributed by atoms with Crippen LogP contribution in [0.5, 0.6) is 0 Å². The van der Waals surface area contributed by atoms with Crippen LogP contribution in [0.15, 0.2) is 0 Å². The monoisotopic (exact) mass is 168 g/mol. The Kier molecular flexibility index (Phi) is 5.21. The van der Waals surface area contributed by atoms with Crippen LogP contribution in [0, 0.1) is 0 Å². The summed E-state index contributed by atoms with van der Waals surface area (Å²) in [5, 5.41) is -0.368. The quantitative estimate of drug-likeness (QED) is 0.589. The Labute approximate surface area is 65.3 Å². The number of rotatable bonds is 4. The highest BCUT2D eigenvalue weighted by Gasteiger charge is 2.11. The minimum atomic E-state index is -0.368. The van der Waals surface area contributed by atoms with E-state index in [9.17, 15) is 4.79 Å². The van der Waals surface area contributed by atoms with Crippen molar-refractivity contribution in [1.82, 2.24) is 0 Å². The van der Waals surface area contributed by atoms with E-state index in [1.54, 1.807) is 0 Å². The van der Waals surface area contributed by atoms with Crippen LogP contribution in [-0.4, -0.2) is 17.0 Å². The van der Waals surface area contributed by atoms with Crippen LogP contribution in [0.4, 0.5) is 0 Å². The molecule has 54 valence electrons. The van der Waals surface area contributed by atoms with Gasteiger partial charge in [-0.15, -0.1) is 23.2 Å². The summed E-state index contributed by atoms with van der Waals surface area (Å²) in [5.41, 5.74) is 0. The van der Waals surface area contributed by atoms with E-state index in [0.29, 0.717) is 0 Å². The third-order valence-corrected chi connectivity index (χ3v) is 1.75. The largest absolute Gasteiger partial charge is 0.297 e. The molecule has 0 saturated carbocycles. The van der Waals surface area contributed by atoms with Crippen molar-refractivity contribution in [2.45, 2.75) is 25.1 Å². The van der Waals surface area contributed by atoms with E-state index >= 15 is 0 Å². The van der Waals surface area contributed by atoms with Crippen LogP contribution in [0.1, 0.15) is 19.8 Å². The molecule has 0 radical (unpaired) electrons. The minimum Gasteiger partial charge on any atom is -0.297 e. The number of hydrogen-bond donors (Lipinski definition) is 0. The van der Waals surface area contributed by atoms with E-state index in [1.807, 2.05) is 6.92 Å². The Morgan fingerprint density at radius 3 is 2.56 bits per heavy atom. The summed E-state index contributed by atoms with van der Waals surface area (Å²) in [4.78, 5) is 10.6. The Balaban J connectivity index is 3.45. The summed E-state index contributed by atoms with van der Waals surface area (Å²) in [6, 6.07) is 0. The van der Waals surface area contributed by atoms with Gasteiger partial charge in [-0.3, -0.25) is 4.79 Å². The number of carbonyl (C=O) groups excluding carboxylic acids is 1. The Morgan fingerprint density at radius 2 is 2.22 bits per heavy atom. The zero-order valence-corrected chi connectivity index (χ0v) is 6.87. The molecular weight excluding hydrogens is 159 g/mol. The predicted octanol–water partition coefficient (Wildman–Crippen LogP) is 2.20. The van der Waals surface area contributed by atoms with Crippen LogP contribution < -0.4 is 0 Å². The Bertz CT molecular complexity index is 93.1. The van der Waals surface area contributed by atoms with E-state index in [1.165, 1.54) is 0 Å². The Morgan fingerprint density at radius 1 is 1.67 bits per heavy atom. The lowest BCUT2D eigenvalue weighted by molar-refractivity contribution is -0.116. The van der Waals surface area contributed by atoms with Crippen molar-refractivity contribution in [3.63, 3.8) is 0 Å². The van der Waals surface area contributed by atoms with Crippen LogP contribution in [0.2, 0.25) is 0 Å². The van der Waals surface area contributed by atoms with Gasteiger partial charge in [-0.2, -0.15) is 0 Å². The fourth-order valence-electron chi connectivity index (χ4n) is 0.498. The molecule has 1 unspecified atom stereocenters. The molecule has 3 heteroatoms. The third kappa shape index (κ3) is 3.77. The highest BCUT2D eigenvalue weighted by Crippen LogP contribution is 2.06. The molecule has 0 aromatic heterocycles. The van der Waals surface area contributed by atoms with Gasteiger partial charge in [-0.25, -0.2) is 0 Å². The molecule has 0 rings (SSSR count). The molecule has 0 aliphatic carbocycles. The van der Waals surface area contributed by atoms with Crippen molar-refractivity contribution in [3.05, 3.63) is 0 Å². The number of ketones is 1. The molecule has 0 aromatic carbocycles. The molecule has 0 spiro atoms. The summed E-state index contributed by atoms with van der Waals surface area (Å²) < 4.78 is 0. The topological polar surface area (TPSA) is 17.1 Å². The fourth-order valence-corrected chi connectivity index (χ4v) is 1.06. The molecule has 0 amide bonds. The highest BCUT2D eigenvalue weighted by molar-refractivity contribution is 6.38. The average Bonchev–Trinajstić information content (AvgIpc) is 1.87. The smallest absolute Gasteiger partial charge is 0.165 e. The van der Waals surface area contributed by atoms with Gasteiger partial charge in [0.1, 0.15) is 0 Å². The lowest BCUT2D eigenvalue weighted by Crippen LogP contribution is -2.14. The minimum absolute atomic E-state index is 0.0359. The average molecular weight is 169 g/mol. The first-order valence-corrected chi connectivity index (χ1v) is 3.92. The second kappa shape index (κ2) is 5.07. The number of hydrogen-bond acceptors (Lipinski definition) is 1. The summed E-state index contributed by atoms with van der Waals surface area (Å²) in [6.45, 7) is 1.98. The van der Waals surface area contributed by atoms with E-state index in [-0.39, 0.29) is 17.0 Å². The van der Waals surface area contributed by atoms with Crippen molar-refractivity contribution in [2.24, 2.45) is 0 Å². The first-order valence-electron chi connectivity index (χ1n) is 2.95. The van der Waals surface area contributed by atoms with Crippen molar-refractivity contribution in [1.29, 1.82) is 0 Å². The Hall–Kier alpha value is 0.250. The molecule has 0 saturated heterocycles. The molecule has 0 heterocycles. The highest BCUT2D eigenvalue weighted by atomic mass is 35.5. The SMILES string of the molecule is CCCC(Cl)C(=O)CCl. The van der Waals surface area contributed by atoms with E-state index in [2.05, 4.69) is 0 Å². The van der Waals surface area contributed by atoms with Gasteiger partial charge >= 0.3 is 0 Å². The first kappa shape index (κ1) is 9.25. The van der Waals surface area contributed by atoms with Crippen molar-refractivity contribution < 1.29 is 4.79 Å². The second-order valence-electron chi connectivity index (χ2n) is 1.86. The number of carbonyl (C=O) groups is 1. The number of Topliss-reactive ketones (excluding diaryl/α,β-unsaturated/α-hetero) is 1. The summed E-state index contributed by atoms with van der Waals surface area (Å²) in [6.07, 6.45) is 1.66. The molecule has 0 fully saturated rings. The van der Waals surface area contributed by atoms with E-state index in [4.69, 9.17) is 23.2 Å². The van der Waals surface area contributed by atoms with E-state index < -0.39 is 0 Å². The summed E-state index contributed by atoms with van der Waals surface area (Å²) in [7, 11) is 0. The van der Waals surface area contributed by atoms with Gasteiger partial charge in [0.2, 0.25) is 0 Å². The van der Waals surface area contributed by atoms with Gasteiger partial charge in [0.15, 0.2) is 5.78 Å². The lowest BCUT2D eigenvalue weighted by atomic mass is 10.2. The van der Waals surface area contributed by atoms with Crippen LogP contribution in [0.25, 0.3) is 0 Å². The van der Waals surface area contributed by atoms with Crippen molar-refractivity contribution >= 4 is 29.0 Å². The van der Waals surface area contributed by atoms with Crippen LogP contribution in [-0.2, 0) is 4.79 Å². The molecule has 1 atom stereocenters. The summed E-state index contributed by atoms with van der Waals surface area (Å²) >= 11 is 10.8. The number of alkyl halides is 2. The maximum Gasteiger partial charge on any atom is 0.165 e. The first-order chi connectivity index (χ1) is 4.22. The van der Waals surface area contributed by atoms with Gasteiger partial charge in [0.25, 0.3) is 0 Å². The zero-order valence-electron chi connectivity index (χ0n) is 5.36. The maximum atomic E-state index is 10.6. The molecular formula is C6H10Cl2O. The number of halogens is 2. The predicted molar refractivity (Wildman–Crippen MR) is 40.3 cm³/mol. The van der Waals surface area contributed by atoms with Crippen LogP contribution in [0.3, 0.4) is 0 Å². The molecule has 1 nitrogen and oxygen atoms in total. The molecule has 0 bridgehead atoms. The van der Waals surface area contributed by atoms with Crippen LogP contribution >= 0.6 is 23.2 Å². The lowest BCUT2D eigenvalue weighted by Gasteiger charge is -2.01. The van der Waals surface area contributed by atoms with Gasteiger partial charge in [0, 0.05) is 0 Å². The third-order valence-electron chi connectivity index (χ3n) is 1.02. The van der Waals surface area contributed by atoms with Crippen molar-refractivity contribution in [2.75, 3.05) is 5.88 Å². The van der Waals surface area contributed by atoms with Gasteiger partial charge < -0.3 is 0 Å². The molecule has 9 heavy (non-hydrogen) atoms. The normalized spacial score (nSPS) is 13.2. The summed E-state index contributed by atoms with van der Waals surface area (Å²) in [5.74, 6) is -0.0334. The maximum absolute atomic E-state index is 10.6. The second-order valence-corrected chi connectivity index (χ2v) is 2.65. The molecule has 0 N–H and O–H groups in total. The van der Waals surface area contributed by atoms with Crippen molar-refractivity contribution in [3.8, 4) is 0 Å².